The number of aliphatic hydroxyl groups excluding tert-OH is 1. The molecule has 1 aromatic rings. The fourth-order valence-corrected chi connectivity index (χ4v) is 8.24. The zero-order valence-corrected chi connectivity index (χ0v) is 44.1. The minimum absolute atomic E-state index is 0.00318. The van der Waals surface area contributed by atoms with Crippen molar-refractivity contribution in [3.05, 3.63) is 47.2 Å². The van der Waals surface area contributed by atoms with Crippen molar-refractivity contribution in [3.8, 4) is 0 Å². The Morgan fingerprint density at radius 2 is 1.34 bits per heavy atom. The summed E-state index contributed by atoms with van der Waals surface area (Å²) in [4.78, 5) is 127. The third-order valence-corrected chi connectivity index (χ3v) is 12.4. The van der Waals surface area contributed by atoms with Gasteiger partial charge < -0.3 is 98.2 Å². The van der Waals surface area contributed by atoms with Crippen LogP contribution in [0.2, 0.25) is 0 Å². The number of carbonyl (C=O) groups excluding carboxylic acids is 8. The molecule has 1 aromatic carbocycles. The molecular formula is C49H85N17O11. The van der Waals surface area contributed by atoms with Crippen molar-refractivity contribution in [3.63, 3.8) is 0 Å². The molecule has 432 valence electrons. The number of carboxylic acids is 1. The van der Waals surface area contributed by atoms with E-state index in [-0.39, 0.29) is 96.5 Å². The molecular weight excluding hydrogens is 1000 g/mol. The molecule has 25 N–H and O–H groups in total. The molecule has 2 rings (SSSR count). The SMILES string of the molecule is Cc1cccc(CC(NC(=O)[C@@H]2CCCN2C(=O)[C@@H](CCCN)NC(=O)CNC(=O)[C@H](CCCN)NC(=O)[C@@H](NC(=O)[C@@H](N)CCCCN)[C@@H](O)CN)C(=O)N[C@@H](CCCCN)C(=O)N/C(=C\CCN=C(N)N)C(=O)O)c1. The Hall–Kier alpha value is -6.82. The maximum absolute atomic E-state index is 14.3. The number of likely N-dealkylation sites (tertiary alicyclic amines) is 1. The fraction of sp³-hybridized carbons (Fsp3) is 0.633. The van der Waals surface area contributed by atoms with Gasteiger partial charge in [0.2, 0.25) is 47.3 Å². The van der Waals surface area contributed by atoms with E-state index in [0.717, 1.165) is 5.56 Å². The van der Waals surface area contributed by atoms with Crippen LogP contribution in [0, 0.1) is 6.92 Å². The minimum Gasteiger partial charge on any atom is -0.477 e. The van der Waals surface area contributed by atoms with E-state index in [4.69, 9.17) is 45.9 Å². The normalized spacial score (nSPS) is 16.0. The molecule has 1 unspecified atom stereocenters. The summed E-state index contributed by atoms with van der Waals surface area (Å²) in [6, 6.07) is -1.62. The number of benzene rings is 1. The molecule has 1 heterocycles. The summed E-state index contributed by atoms with van der Waals surface area (Å²) < 4.78 is 0. The van der Waals surface area contributed by atoms with E-state index in [2.05, 4.69) is 42.2 Å². The molecule has 28 heteroatoms. The summed E-state index contributed by atoms with van der Waals surface area (Å²) >= 11 is 0. The molecule has 1 aliphatic rings. The molecule has 1 saturated heterocycles. The van der Waals surface area contributed by atoms with Gasteiger partial charge in [0, 0.05) is 26.1 Å². The zero-order chi connectivity index (χ0) is 57.5. The van der Waals surface area contributed by atoms with Crippen molar-refractivity contribution in [2.75, 3.05) is 52.4 Å². The van der Waals surface area contributed by atoms with Crippen LogP contribution in [0.4, 0.5) is 0 Å². The van der Waals surface area contributed by atoms with Gasteiger partial charge in [-0.25, -0.2) is 4.79 Å². The Bertz CT molecular complexity index is 2160. The molecule has 0 aliphatic carbocycles. The summed E-state index contributed by atoms with van der Waals surface area (Å²) in [5.74, 6) is -7.90. The van der Waals surface area contributed by atoms with E-state index in [1.807, 2.05) is 19.1 Å². The molecule has 0 bridgehead atoms. The van der Waals surface area contributed by atoms with E-state index in [9.17, 15) is 53.4 Å². The van der Waals surface area contributed by atoms with Crippen molar-refractivity contribution < 1.29 is 53.4 Å². The molecule has 0 spiro atoms. The number of carboxylic acid groups (broad SMARTS) is 1. The second-order valence-corrected chi connectivity index (χ2v) is 18.7. The van der Waals surface area contributed by atoms with Gasteiger partial charge in [0.05, 0.1) is 18.7 Å². The van der Waals surface area contributed by atoms with Gasteiger partial charge in [-0.15, -0.1) is 0 Å². The van der Waals surface area contributed by atoms with Crippen LogP contribution in [-0.2, 0) is 49.6 Å². The van der Waals surface area contributed by atoms with Crippen molar-refractivity contribution in [1.29, 1.82) is 0 Å². The number of aryl methyl sites for hydroxylation is 1. The first-order valence-electron chi connectivity index (χ1n) is 26.1. The van der Waals surface area contributed by atoms with Crippen LogP contribution >= 0.6 is 0 Å². The second kappa shape index (κ2) is 36.3. The number of carbonyl (C=O) groups is 9. The Morgan fingerprint density at radius 3 is 1.95 bits per heavy atom. The molecule has 0 aromatic heterocycles. The van der Waals surface area contributed by atoms with Crippen molar-refractivity contribution in [2.24, 2.45) is 50.9 Å². The van der Waals surface area contributed by atoms with Crippen LogP contribution in [0.1, 0.15) is 94.6 Å². The summed E-state index contributed by atoms with van der Waals surface area (Å²) in [6.45, 7) is 1.84. The van der Waals surface area contributed by atoms with Crippen LogP contribution < -0.4 is 83.1 Å². The monoisotopic (exact) mass is 1090 g/mol. The third-order valence-electron chi connectivity index (χ3n) is 12.4. The number of hydrogen-bond acceptors (Lipinski definition) is 17. The van der Waals surface area contributed by atoms with E-state index >= 15 is 0 Å². The van der Waals surface area contributed by atoms with Gasteiger partial charge >= 0.3 is 5.97 Å². The third kappa shape index (κ3) is 24.4. The highest BCUT2D eigenvalue weighted by molar-refractivity contribution is 5.99. The lowest BCUT2D eigenvalue weighted by atomic mass is 10.0. The van der Waals surface area contributed by atoms with E-state index in [0.29, 0.717) is 44.2 Å². The molecule has 1 aliphatic heterocycles. The number of guanidine groups is 1. The first-order valence-corrected chi connectivity index (χ1v) is 26.1. The number of rotatable bonds is 37. The number of nitrogens with zero attached hydrogens (tertiary/aromatic N) is 2. The van der Waals surface area contributed by atoms with Crippen LogP contribution in [0.3, 0.4) is 0 Å². The highest BCUT2D eigenvalue weighted by atomic mass is 16.4. The molecule has 77 heavy (non-hydrogen) atoms. The standard InChI is InChI=1S/C49H85N17O11/c1-29-11-6-12-30(25-29)26-36(44(72)61-33(14-3-5-20-51)43(71)63-35(48(76)77)17-9-23-58-49(56)57)64-45(73)37-18-10-24-66(37)47(75)34(16-8-22-53)60-39(68)28-59-42(70)32(15-7-21-52)62-46(74)40(38(67)27-54)65-41(69)31(55)13-2-4-19-50/h6,11-12,17,25,31-34,36-38,40,67H,2-5,7-10,13-16,18-24,26-28,50-55H2,1H3,(H,59,70)(H,60,68)(H,61,72)(H,62,74)(H,63,71)(H,64,73)(H,65,69)(H,76,77)(H4,56,57,58)/b35-17-/t31-,32-,33-,34+,36?,37-,38-,40-/m0/s1. The summed E-state index contributed by atoms with van der Waals surface area (Å²) in [6.07, 6.45) is 3.14. The number of aliphatic carboxylic acids is 1. The van der Waals surface area contributed by atoms with Gasteiger partial charge in [-0.1, -0.05) is 42.3 Å². The summed E-state index contributed by atoms with van der Waals surface area (Å²) in [5.41, 5.74) is 46.1. The minimum atomic E-state index is -1.59. The van der Waals surface area contributed by atoms with Crippen molar-refractivity contribution in [2.45, 2.75) is 145 Å². The lowest BCUT2D eigenvalue weighted by molar-refractivity contribution is -0.142. The van der Waals surface area contributed by atoms with E-state index in [1.54, 1.807) is 12.1 Å². The van der Waals surface area contributed by atoms with E-state index < -0.39 is 120 Å². The predicted octanol–water partition coefficient (Wildman–Crippen LogP) is -5.80. The van der Waals surface area contributed by atoms with E-state index in [1.165, 1.54) is 11.0 Å². The Kier molecular flexibility index (Phi) is 31.2. The maximum Gasteiger partial charge on any atom is 0.352 e. The van der Waals surface area contributed by atoms with Gasteiger partial charge in [0.1, 0.15) is 41.9 Å². The Labute approximate surface area is 449 Å². The van der Waals surface area contributed by atoms with Gasteiger partial charge in [0.25, 0.3) is 0 Å². The quantitative estimate of drug-likeness (QED) is 0.0128. The first-order chi connectivity index (χ1) is 36.7. The zero-order valence-electron chi connectivity index (χ0n) is 44.1. The first kappa shape index (κ1) is 66.3. The van der Waals surface area contributed by atoms with Crippen LogP contribution in [-0.4, -0.2) is 175 Å². The highest BCUT2D eigenvalue weighted by Gasteiger charge is 2.40. The van der Waals surface area contributed by atoms with Crippen LogP contribution in [0.5, 0.6) is 0 Å². The summed E-state index contributed by atoms with van der Waals surface area (Å²) in [5, 5.41) is 38.2. The maximum atomic E-state index is 14.3. The van der Waals surface area contributed by atoms with Crippen molar-refractivity contribution in [1.82, 2.24) is 42.1 Å². The lowest BCUT2D eigenvalue weighted by Gasteiger charge is -2.30. The highest BCUT2D eigenvalue weighted by Crippen LogP contribution is 2.21. The molecule has 8 atom stereocenters. The number of aliphatic hydroxyl groups is 1. The van der Waals surface area contributed by atoms with Gasteiger partial charge in [-0.2, -0.15) is 0 Å². The number of hydrogen-bond donors (Lipinski definition) is 17. The van der Waals surface area contributed by atoms with Crippen molar-refractivity contribution >= 4 is 59.2 Å². The number of amides is 8. The average molecular weight is 1090 g/mol. The van der Waals surface area contributed by atoms with Gasteiger partial charge in [-0.3, -0.25) is 43.3 Å². The number of nitrogens with two attached hydrogens (primary N) is 8. The largest absolute Gasteiger partial charge is 0.477 e. The smallest absolute Gasteiger partial charge is 0.352 e. The molecule has 0 saturated carbocycles. The predicted molar refractivity (Wildman–Crippen MR) is 287 cm³/mol. The molecule has 8 amide bonds. The molecule has 28 nitrogen and oxygen atoms in total. The lowest BCUT2D eigenvalue weighted by Crippen LogP contribution is -2.61. The number of aliphatic imine (C=N–C) groups is 1. The van der Waals surface area contributed by atoms with Crippen LogP contribution in [0.15, 0.2) is 41.0 Å². The topological polar surface area (TPSA) is 502 Å². The molecule has 0 radical (unpaired) electrons. The summed E-state index contributed by atoms with van der Waals surface area (Å²) in [7, 11) is 0. The number of unbranched alkanes of at least 4 members (excludes halogenated alkanes) is 2. The Balaban J connectivity index is 2.31. The Morgan fingerprint density at radius 1 is 0.727 bits per heavy atom. The fourth-order valence-electron chi connectivity index (χ4n) is 8.24. The average Bonchev–Trinajstić information content (AvgIpc) is 3.90. The van der Waals surface area contributed by atoms with Gasteiger partial charge in [0.15, 0.2) is 5.96 Å². The molecule has 1 fully saturated rings. The second-order valence-electron chi connectivity index (χ2n) is 18.7. The number of nitrogens with one attached hydrogen (secondary N) is 7. The van der Waals surface area contributed by atoms with Gasteiger partial charge in [-0.05, 0) is 116 Å². The van der Waals surface area contributed by atoms with Crippen LogP contribution in [0.25, 0.3) is 0 Å².